The number of hydrogen-bond donors (Lipinski definition) is 0. The van der Waals surface area contributed by atoms with Crippen molar-refractivity contribution in [3.8, 4) is 0 Å². The van der Waals surface area contributed by atoms with Gasteiger partial charge in [0, 0.05) is 13.1 Å². The zero-order valence-electron chi connectivity index (χ0n) is 9.03. The summed E-state index contributed by atoms with van der Waals surface area (Å²) in [7, 11) is 1.31. The van der Waals surface area contributed by atoms with E-state index in [2.05, 4.69) is 4.74 Å². The number of piperidine rings is 1. The second kappa shape index (κ2) is 6.27. The molecule has 0 N–H and O–H groups in total. The van der Waals surface area contributed by atoms with Crippen molar-refractivity contribution in [3.05, 3.63) is 0 Å². The van der Waals surface area contributed by atoms with E-state index in [9.17, 15) is 9.59 Å². The van der Waals surface area contributed by atoms with Crippen LogP contribution in [0.2, 0.25) is 0 Å². The first-order chi connectivity index (χ1) is 7.24. The molecule has 1 amide bonds. The summed E-state index contributed by atoms with van der Waals surface area (Å²) < 4.78 is 9.37. The highest BCUT2D eigenvalue weighted by Crippen LogP contribution is 2.09. The van der Waals surface area contributed by atoms with Crippen molar-refractivity contribution in [1.29, 1.82) is 0 Å². The highest BCUT2D eigenvalue weighted by Gasteiger charge is 2.17. The largest absolute Gasteiger partial charge is 0.469 e. The van der Waals surface area contributed by atoms with Gasteiger partial charge >= 0.3 is 12.1 Å². The highest BCUT2D eigenvalue weighted by atomic mass is 16.6. The minimum atomic E-state index is -0.360. The third-order valence-corrected chi connectivity index (χ3v) is 2.37. The quantitative estimate of drug-likeness (QED) is 0.663. The lowest BCUT2D eigenvalue weighted by atomic mass is 10.1. The maximum absolute atomic E-state index is 11.4. The first-order valence-corrected chi connectivity index (χ1v) is 5.22. The molecule has 0 radical (unpaired) electrons. The van der Waals surface area contributed by atoms with Crippen LogP contribution in [0.25, 0.3) is 0 Å². The lowest BCUT2D eigenvalue weighted by Crippen LogP contribution is -2.36. The van der Waals surface area contributed by atoms with Crippen molar-refractivity contribution in [2.75, 3.05) is 26.8 Å². The molecule has 0 aromatic rings. The van der Waals surface area contributed by atoms with Gasteiger partial charge in [0.25, 0.3) is 0 Å². The van der Waals surface area contributed by atoms with Gasteiger partial charge in [-0.2, -0.15) is 0 Å². The van der Waals surface area contributed by atoms with Crippen molar-refractivity contribution in [2.24, 2.45) is 0 Å². The fourth-order valence-corrected chi connectivity index (χ4v) is 1.49. The lowest BCUT2D eigenvalue weighted by molar-refractivity contribution is -0.141. The third-order valence-electron chi connectivity index (χ3n) is 2.37. The summed E-state index contributed by atoms with van der Waals surface area (Å²) in [6.45, 7) is 1.62. The Morgan fingerprint density at radius 2 is 1.87 bits per heavy atom. The molecule has 0 aromatic heterocycles. The summed E-state index contributed by atoms with van der Waals surface area (Å²) in [5.41, 5.74) is 0. The Labute approximate surface area is 89.3 Å². The maximum Gasteiger partial charge on any atom is 0.409 e. The van der Waals surface area contributed by atoms with Crippen LogP contribution in [0.4, 0.5) is 4.79 Å². The second-order valence-electron chi connectivity index (χ2n) is 3.49. The lowest BCUT2D eigenvalue weighted by Gasteiger charge is -2.25. The number of ether oxygens (including phenoxy) is 2. The summed E-state index contributed by atoms with van der Waals surface area (Å²) in [5.74, 6) is -0.360. The number of methoxy groups -OCH3 is 1. The molecule has 5 nitrogen and oxygen atoms in total. The predicted molar refractivity (Wildman–Crippen MR) is 53.4 cm³/mol. The zero-order chi connectivity index (χ0) is 11.1. The van der Waals surface area contributed by atoms with Crippen LogP contribution in [0, 0.1) is 0 Å². The molecule has 0 aromatic carbocycles. The van der Waals surface area contributed by atoms with E-state index in [0.717, 1.165) is 25.9 Å². The van der Waals surface area contributed by atoms with Crippen molar-refractivity contribution < 1.29 is 19.1 Å². The smallest absolute Gasteiger partial charge is 0.409 e. The Morgan fingerprint density at radius 3 is 2.47 bits per heavy atom. The van der Waals surface area contributed by atoms with Crippen LogP contribution in [-0.2, 0) is 14.3 Å². The maximum atomic E-state index is 11.4. The number of rotatable bonds is 3. The number of nitrogens with zero attached hydrogens (tertiary/aromatic N) is 1. The molecule has 1 aliphatic heterocycles. The molecule has 0 aliphatic carbocycles. The predicted octanol–water partition coefficient (Wildman–Crippen LogP) is 1.17. The molecule has 1 heterocycles. The molecular weight excluding hydrogens is 198 g/mol. The Kier molecular flexibility index (Phi) is 4.93. The standard InChI is InChI=1S/C10H17NO4/c1-14-9(12)5-8-15-10(13)11-6-3-2-4-7-11/h2-8H2,1H3. The van der Waals surface area contributed by atoms with Crippen LogP contribution in [0.1, 0.15) is 25.7 Å². The number of carbonyl (C=O) groups excluding carboxylic acids is 2. The van der Waals surface area contributed by atoms with Gasteiger partial charge in [-0.15, -0.1) is 0 Å². The van der Waals surface area contributed by atoms with Crippen LogP contribution in [0.15, 0.2) is 0 Å². The molecule has 15 heavy (non-hydrogen) atoms. The summed E-state index contributed by atoms with van der Waals surface area (Å²) >= 11 is 0. The molecule has 0 spiro atoms. The fraction of sp³-hybridized carbons (Fsp3) is 0.800. The number of esters is 1. The molecule has 1 fully saturated rings. The SMILES string of the molecule is COC(=O)CCOC(=O)N1CCCCC1. The number of likely N-dealkylation sites (tertiary alicyclic amines) is 1. The van der Waals surface area contributed by atoms with Crippen LogP contribution >= 0.6 is 0 Å². The minimum absolute atomic E-state index is 0.0992. The molecule has 1 saturated heterocycles. The summed E-state index contributed by atoms with van der Waals surface area (Å²) in [6.07, 6.45) is 3.04. The van der Waals surface area contributed by atoms with Gasteiger partial charge < -0.3 is 14.4 Å². The van der Waals surface area contributed by atoms with Gasteiger partial charge in [0.2, 0.25) is 0 Å². The molecule has 0 bridgehead atoms. The van der Waals surface area contributed by atoms with E-state index in [1.807, 2.05) is 0 Å². The van der Waals surface area contributed by atoms with Gasteiger partial charge in [-0.25, -0.2) is 4.79 Å². The number of hydrogen-bond acceptors (Lipinski definition) is 4. The van der Waals surface area contributed by atoms with Gasteiger partial charge in [0.05, 0.1) is 13.5 Å². The molecule has 5 heteroatoms. The van der Waals surface area contributed by atoms with Gasteiger partial charge in [0.15, 0.2) is 0 Å². The molecule has 1 rings (SSSR count). The van der Waals surface area contributed by atoms with Gasteiger partial charge in [-0.05, 0) is 19.3 Å². The van der Waals surface area contributed by atoms with Crippen LogP contribution in [0.3, 0.4) is 0 Å². The van der Waals surface area contributed by atoms with E-state index in [0.29, 0.717) is 0 Å². The molecular formula is C10H17NO4. The number of amides is 1. The molecule has 0 unspecified atom stereocenters. The molecule has 0 atom stereocenters. The average Bonchev–Trinajstić information content (AvgIpc) is 2.29. The van der Waals surface area contributed by atoms with E-state index in [4.69, 9.17) is 4.74 Å². The van der Waals surface area contributed by atoms with E-state index in [1.165, 1.54) is 13.5 Å². The Morgan fingerprint density at radius 1 is 1.20 bits per heavy atom. The van der Waals surface area contributed by atoms with Crippen LogP contribution in [-0.4, -0.2) is 43.8 Å². The van der Waals surface area contributed by atoms with Gasteiger partial charge in [0.1, 0.15) is 6.61 Å². The Balaban J connectivity index is 2.14. The van der Waals surface area contributed by atoms with E-state index in [1.54, 1.807) is 4.90 Å². The van der Waals surface area contributed by atoms with Crippen molar-refractivity contribution in [1.82, 2.24) is 4.90 Å². The average molecular weight is 215 g/mol. The van der Waals surface area contributed by atoms with Gasteiger partial charge in [-0.3, -0.25) is 4.79 Å². The molecule has 86 valence electrons. The van der Waals surface area contributed by atoms with E-state index >= 15 is 0 Å². The monoisotopic (exact) mass is 215 g/mol. The summed E-state index contributed by atoms with van der Waals surface area (Å²) in [5, 5.41) is 0. The first-order valence-electron chi connectivity index (χ1n) is 5.22. The highest BCUT2D eigenvalue weighted by molar-refractivity contribution is 5.71. The second-order valence-corrected chi connectivity index (χ2v) is 3.49. The first kappa shape index (κ1) is 11.8. The van der Waals surface area contributed by atoms with Gasteiger partial charge in [-0.1, -0.05) is 0 Å². The summed E-state index contributed by atoms with van der Waals surface area (Å²) in [4.78, 5) is 23.8. The van der Waals surface area contributed by atoms with Crippen LogP contribution in [0.5, 0.6) is 0 Å². The van der Waals surface area contributed by atoms with Crippen molar-refractivity contribution in [3.63, 3.8) is 0 Å². The fourth-order valence-electron chi connectivity index (χ4n) is 1.49. The molecule has 0 saturated carbocycles. The molecule has 1 aliphatic rings. The Hall–Kier alpha value is -1.26. The Bertz CT molecular complexity index is 223. The van der Waals surface area contributed by atoms with Crippen molar-refractivity contribution in [2.45, 2.75) is 25.7 Å². The topological polar surface area (TPSA) is 55.8 Å². The van der Waals surface area contributed by atoms with Crippen LogP contribution < -0.4 is 0 Å². The number of carbonyl (C=O) groups is 2. The van der Waals surface area contributed by atoms with Crippen molar-refractivity contribution >= 4 is 12.1 Å². The normalized spacial score (nSPS) is 15.9. The van der Waals surface area contributed by atoms with E-state index < -0.39 is 0 Å². The van der Waals surface area contributed by atoms with E-state index in [-0.39, 0.29) is 25.1 Å². The summed E-state index contributed by atoms with van der Waals surface area (Å²) in [6, 6.07) is 0. The zero-order valence-corrected chi connectivity index (χ0v) is 9.03. The minimum Gasteiger partial charge on any atom is -0.469 e. The third kappa shape index (κ3) is 4.18.